The van der Waals surface area contributed by atoms with Gasteiger partial charge in [-0.3, -0.25) is 10.2 Å². The van der Waals surface area contributed by atoms with Crippen molar-refractivity contribution < 1.29 is 4.79 Å². The topological polar surface area (TPSA) is 58.4 Å². The van der Waals surface area contributed by atoms with E-state index in [1.54, 1.807) is 0 Å². The molecule has 1 aliphatic heterocycles. The minimum atomic E-state index is -0.124. The van der Waals surface area contributed by atoms with Gasteiger partial charge in [0.2, 0.25) is 5.91 Å². The summed E-state index contributed by atoms with van der Waals surface area (Å²) in [7, 11) is 0. The monoisotopic (exact) mass is 251 g/mol. The number of amides is 1. The van der Waals surface area contributed by atoms with Crippen molar-refractivity contribution in [2.75, 3.05) is 19.6 Å². The smallest absolute Gasteiger partial charge is 0.240 e. The molecule has 4 rings (SSSR count). The number of hydrazine groups is 1. The Kier molecular flexibility index (Phi) is 3.10. The molecule has 102 valence electrons. The maximum atomic E-state index is 11.9. The maximum absolute atomic E-state index is 11.9. The average Bonchev–Trinajstić information content (AvgIpc) is 2.92. The van der Waals surface area contributed by atoms with Gasteiger partial charge in [-0.25, -0.2) is 5.84 Å². The Morgan fingerprint density at radius 1 is 1.06 bits per heavy atom. The summed E-state index contributed by atoms with van der Waals surface area (Å²) in [5.41, 5.74) is 2.78. The van der Waals surface area contributed by atoms with Gasteiger partial charge in [0.1, 0.15) is 0 Å². The van der Waals surface area contributed by atoms with Crippen molar-refractivity contribution in [2.24, 2.45) is 16.7 Å². The van der Waals surface area contributed by atoms with Gasteiger partial charge in [0.05, 0.1) is 5.41 Å². The number of nitrogens with two attached hydrogens (primary N) is 1. The van der Waals surface area contributed by atoms with Gasteiger partial charge in [-0.05, 0) is 69.9 Å². The van der Waals surface area contributed by atoms with Gasteiger partial charge in [-0.1, -0.05) is 0 Å². The average molecular weight is 251 g/mol. The van der Waals surface area contributed by atoms with Crippen LogP contribution in [0.4, 0.5) is 0 Å². The molecule has 1 amide bonds. The summed E-state index contributed by atoms with van der Waals surface area (Å²) in [6.45, 7) is 3.85. The first kappa shape index (κ1) is 12.4. The molecule has 0 spiro atoms. The van der Waals surface area contributed by atoms with E-state index in [2.05, 4.69) is 10.3 Å². The predicted molar refractivity (Wildman–Crippen MR) is 70.6 cm³/mol. The number of nitrogens with one attached hydrogen (secondary N) is 1. The molecule has 18 heavy (non-hydrogen) atoms. The molecule has 0 aromatic carbocycles. The summed E-state index contributed by atoms with van der Waals surface area (Å²) < 4.78 is 0. The second-order valence-electron chi connectivity index (χ2n) is 6.74. The molecule has 3 N–H and O–H groups in total. The van der Waals surface area contributed by atoms with Gasteiger partial charge in [0.15, 0.2) is 0 Å². The van der Waals surface area contributed by atoms with Gasteiger partial charge < -0.3 is 4.90 Å². The van der Waals surface area contributed by atoms with Gasteiger partial charge in [-0.2, -0.15) is 0 Å². The number of hydrogen-bond donors (Lipinski definition) is 2. The molecule has 4 fully saturated rings. The van der Waals surface area contributed by atoms with E-state index in [-0.39, 0.29) is 11.3 Å². The van der Waals surface area contributed by atoms with Crippen LogP contribution in [-0.4, -0.2) is 30.4 Å². The first-order chi connectivity index (χ1) is 8.68. The molecule has 4 nitrogen and oxygen atoms in total. The van der Waals surface area contributed by atoms with Crippen LogP contribution in [0.3, 0.4) is 0 Å². The van der Waals surface area contributed by atoms with Crippen LogP contribution in [0.5, 0.6) is 0 Å². The van der Waals surface area contributed by atoms with E-state index < -0.39 is 0 Å². The summed E-state index contributed by atoms with van der Waals surface area (Å²) in [6.07, 6.45) is 9.54. The highest BCUT2D eigenvalue weighted by molar-refractivity contribution is 5.82. The van der Waals surface area contributed by atoms with E-state index in [4.69, 9.17) is 5.84 Å². The molecule has 0 atom stereocenters. The Labute approximate surface area is 109 Å². The van der Waals surface area contributed by atoms with Crippen LogP contribution in [0.2, 0.25) is 0 Å². The van der Waals surface area contributed by atoms with Crippen molar-refractivity contribution in [1.82, 2.24) is 10.3 Å². The van der Waals surface area contributed by atoms with Crippen LogP contribution in [0, 0.1) is 10.8 Å². The molecule has 3 saturated carbocycles. The molecule has 0 radical (unpaired) electrons. The van der Waals surface area contributed by atoms with Gasteiger partial charge in [0.25, 0.3) is 0 Å². The van der Waals surface area contributed by atoms with E-state index >= 15 is 0 Å². The third-order valence-electron chi connectivity index (χ3n) is 5.77. The van der Waals surface area contributed by atoms with Crippen molar-refractivity contribution in [3.05, 3.63) is 0 Å². The molecule has 0 aromatic heterocycles. The molecular formula is C14H25N3O. The summed E-state index contributed by atoms with van der Waals surface area (Å²) >= 11 is 0. The van der Waals surface area contributed by atoms with E-state index in [1.807, 2.05) is 0 Å². The quantitative estimate of drug-likeness (QED) is 0.453. The fourth-order valence-electron chi connectivity index (χ4n) is 4.41. The summed E-state index contributed by atoms with van der Waals surface area (Å²) in [6, 6.07) is 0. The van der Waals surface area contributed by atoms with Crippen molar-refractivity contribution in [3.8, 4) is 0 Å². The molecule has 0 unspecified atom stereocenters. The van der Waals surface area contributed by atoms with E-state index in [1.165, 1.54) is 51.7 Å². The number of carbonyl (C=O) groups excluding carboxylic acids is 1. The third kappa shape index (κ3) is 1.95. The first-order valence-corrected chi connectivity index (χ1v) is 7.42. The molecule has 1 saturated heterocycles. The van der Waals surface area contributed by atoms with Crippen LogP contribution in [-0.2, 0) is 4.79 Å². The Bertz CT molecular complexity index is 311. The molecular weight excluding hydrogens is 226 g/mol. The minimum absolute atomic E-state index is 0.0805. The third-order valence-corrected chi connectivity index (χ3v) is 5.77. The lowest BCUT2D eigenvalue weighted by Gasteiger charge is -2.53. The zero-order valence-corrected chi connectivity index (χ0v) is 11.2. The highest BCUT2D eigenvalue weighted by Gasteiger charge is 2.52. The van der Waals surface area contributed by atoms with Crippen molar-refractivity contribution in [3.63, 3.8) is 0 Å². The Balaban J connectivity index is 1.65. The number of nitrogens with zero attached hydrogens (tertiary/aromatic N) is 1. The lowest BCUT2D eigenvalue weighted by atomic mass is 9.53. The molecule has 0 aromatic rings. The molecule has 3 aliphatic carbocycles. The van der Waals surface area contributed by atoms with Crippen molar-refractivity contribution in [1.29, 1.82) is 0 Å². The van der Waals surface area contributed by atoms with Crippen LogP contribution < -0.4 is 11.3 Å². The number of likely N-dealkylation sites (tertiary alicyclic amines) is 1. The SMILES string of the molecule is NNC(=O)C12CCC(CN3CCCC3)(CC1)CC2. The summed E-state index contributed by atoms with van der Waals surface area (Å²) in [5, 5.41) is 0. The number of fused-ring (bicyclic) bond motifs is 3. The number of carbonyl (C=O) groups is 1. The predicted octanol–water partition coefficient (Wildman–Crippen LogP) is 1.41. The number of rotatable bonds is 3. The van der Waals surface area contributed by atoms with Crippen LogP contribution in [0.1, 0.15) is 51.4 Å². The molecule has 2 bridgehead atoms. The largest absolute Gasteiger partial charge is 0.303 e. The summed E-state index contributed by atoms with van der Waals surface area (Å²) in [5.74, 6) is 5.42. The molecule has 1 heterocycles. The zero-order chi connectivity index (χ0) is 12.6. The second kappa shape index (κ2) is 4.49. The molecule has 4 aliphatic rings. The Hall–Kier alpha value is -0.610. The Morgan fingerprint density at radius 3 is 2.11 bits per heavy atom. The van der Waals surface area contributed by atoms with Crippen LogP contribution >= 0.6 is 0 Å². The van der Waals surface area contributed by atoms with Crippen LogP contribution in [0.15, 0.2) is 0 Å². The normalized spacial score (nSPS) is 40.1. The van der Waals surface area contributed by atoms with Gasteiger partial charge in [0, 0.05) is 6.54 Å². The maximum Gasteiger partial charge on any atom is 0.240 e. The lowest BCUT2D eigenvalue weighted by molar-refractivity contribution is -0.141. The first-order valence-electron chi connectivity index (χ1n) is 7.42. The second-order valence-corrected chi connectivity index (χ2v) is 6.74. The van der Waals surface area contributed by atoms with E-state index in [9.17, 15) is 4.79 Å². The Morgan fingerprint density at radius 2 is 1.61 bits per heavy atom. The lowest BCUT2D eigenvalue weighted by Crippen LogP contribution is -2.54. The fourth-order valence-corrected chi connectivity index (χ4v) is 4.41. The molecule has 4 heteroatoms. The number of hydrogen-bond acceptors (Lipinski definition) is 3. The minimum Gasteiger partial charge on any atom is -0.303 e. The highest BCUT2D eigenvalue weighted by Crippen LogP contribution is 2.57. The van der Waals surface area contributed by atoms with Crippen LogP contribution in [0.25, 0.3) is 0 Å². The van der Waals surface area contributed by atoms with Gasteiger partial charge in [-0.15, -0.1) is 0 Å². The van der Waals surface area contributed by atoms with E-state index in [0.29, 0.717) is 5.41 Å². The van der Waals surface area contributed by atoms with Crippen molar-refractivity contribution >= 4 is 5.91 Å². The zero-order valence-electron chi connectivity index (χ0n) is 11.2. The summed E-state index contributed by atoms with van der Waals surface area (Å²) in [4.78, 5) is 14.6. The highest BCUT2D eigenvalue weighted by atomic mass is 16.2. The van der Waals surface area contributed by atoms with Gasteiger partial charge >= 0.3 is 0 Å². The standard InChI is InChI=1S/C14H25N3O/c15-16-12(18)14-6-3-13(4-7-14,5-8-14)11-17-9-1-2-10-17/h1-11,15H2,(H,16,18). The van der Waals surface area contributed by atoms with Crippen molar-refractivity contribution in [2.45, 2.75) is 51.4 Å². The fraction of sp³-hybridized carbons (Fsp3) is 0.929. The van der Waals surface area contributed by atoms with E-state index in [0.717, 1.165) is 19.3 Å².